The summed E-state index contributed by atoms with van der Waals surface area (Å²) in [7, 11) is 0.991. The summed E-state index contributed by atoms with van der Waals surface area (Å²) < 4.78 is 63.2. The van der Waals surface area contributed by atoms with Crippen molar-refractivity contribution in [3.63, 3.8) is 0 Å². The fraction of sp³-hybridized carbons (Fsp3) is 0.429. The molecule has 2 aromatic heterocycles. The molecule has 2 rings (SSSR count). The van der Waals surface area contributed by atoms with Gasteiger partial charge in [0.15, 0.2) is 5.01 Å². The minimum atomic E-state index is -5.85. The fourth-order valence-electron chi connectivity index (χ4n) is 1.11. The van der Waals surface area contributed by atoms with Gasteiger partial charge in [-0.1, -0.05) is 11.3 Å². The van der Waals surface area contributed by atoms with Crippen molar-refractivity contribution in [3.8, 4) is 0 Å². The van der Waals surface area contributed by atoms with Crippen LogP contribution in [-0.2, 0) is 13.0 Å². The highest BCUT2D eigenvalue weighted by Crippen LogP contribution is 2.44. The highest BCUT2D eigenvalue weighted by atomic mass is 32.1. The maximum atomic E-state index is 13.0. The Labute approximate surface area is 103 Å². The number of hydrogen-bond donors (Lipinski definition) is 0. The molecule has 12 heteroatoms. The van der Waals surface area contributed by atoms with Gasteiger partial charge in [0.1, 0.15) is 0 Å². The SMILES string of the molecule is Cn1c(=O)nc2sc(C(F)(F)C(F)(F)F)nn2c1=O. The van der Waals surface area contributed by atoms with Crippen LogP contribution >= 0.6 is 11.3 Å². The number of rotatable bonds is 1. The molecule has 0 amide bonds. The number of hydrogen-bond acceptors (Lipinski definition) is 5. The first kappa shape index (κ1) is 13.6. The van der Waals surface area contributed by atoms with Crippen LogP contribution in [0.5, 0.6) is 0 Å². The van der Waals surface area contributed by atoms with E-state index in [1.165, 1.54) is 0 Å². The summed E-state index contributed by atoms with van der Waals surface area (Å²) in [5, 5.41) is 1.23. The van der Waals surface area contributed by atoms with E-state index in [9.17, 15) is 31.5 Å². The van der Waals surface area contributed by atoms with Crippen LogP contribution in [0.25, 0.3) is 4.96 Å². The lowest BCUT2D eigenvalue weighted by Crippen LogP contribution is -2.37. The molecule has 0 radical (unpaired) electrons. The first-order chi connectivity index (χ1) is 8.55. The summed E-state index contributed by atoms with van der Waals surface area (Å²) in [5.41, 5.74) is -2.23. The predicted octanol–water partition coefficient (Wildman–Crippen LogP) is 0.504. The zero-order valence-electron chi connectivity index (χ0n) is 8.90. The zero-order valence-corrected chi connectivity index (χ0v) is 9.72. The van der Waals surface area contributed by atoms with Gasteiger partial charge in [0.25, 0.3) is 0 Å². The molecule has 0 N–H and O–H groups in total. The predicted molar refractivity (Wildman–Crippen MR) is 52.3 cm³/mol. The van der Waals surface area contributed by atoms with Crippen LogP contribution in [0.2, 0.25) is 0 Å². The van der Waals surface area contributed by atoms with Crippen LogP contribution in [0.15, 0.2) is 9.59 Å². The van der Waals surface area contributed by atoms with E-state index in [0.29, 0.717) is 4.57 Å². The molecule has 0 fully saturated rings. The molecule has 0 spiro atoms. The lowest BCUT2D eigenvalue weighted by Gasteiger charge is -2.15. The first-order valence-electron chi connectivity index (χ1n) is 4.47. The van der Waals surface area contributed by atoms with Crippen molar-refractivity contribution in [1.29, 1.82) is 0 Å². The molecule has 104 valence electrons. The van der Waals surface area contributed by atoms with E-state index in [1.54, 1.807) is 0 Å². The second-order valence-electron chi connectivity index (χ2n) is 3.41. The first-order valence-corrected chi connectivity index (χ1v) is 5.29. The van der Waals surface area contributed by atoms with Crippen LogP contribution in [-0.4, -0.2) is 25.3 Å². The Kier molecular flexibility index (Phi) is 2.73. The van der Waals surface area contributed by atoms with Crippen LogP contribution in [0.3, 0.4) is 0 Å². The van der Waals surface area contributed by atoms with Crippen LogP contribution in [0.1, 0.15) is 5.01 Å². The largest absolute Gasteiger partial charge is 0.460 e. The quantitative estimate of drug-likeness (QED) is 0.720. The van der Waals surface area contributed by atoms with E-state index in [0.717, 1.165) is 7.05 Å². The summed E-state index contributed by atoms with van der Waals surface area (Å²) >= 11 is -0.174. The Morgan fingerprint density at radius 2 is 1.74 bits per heavy atom. The summed E-state index contributed by atoms with van der Waals surface area (Å²) in [6, 6.07) is 0. The third-order valence-corrected chi connectivity index (χ3v) is 3.11. The van der Waals surface area contributed by atoms with Crippen molar-refractivity contribution in [2.75, 3.05) is 0 Å². The second-order valence-corrected chi connectivity index (χ2v) is 4.37. The molecule has 0 saturated heterocycles. The van der Waals surface area contributed by atoms with Gasteiger partial charge in [0, 0.05) is 7.05 Å². The number of nitrogens with zero attached hydrogens (tertiary/aromatic N) is 4. The van der Waals surface area contributed by atoms with Crippen molar-refractivity contribution in [3.05, 3.63) is 26.0 Å². The van der Waals surface area contributed by atoms with Gasteiger partial charge in [-0.25, -0.2) is 14.2 Å². The average Bonchev–Trinajstić information content (AvgIpc) is 2.69. The lowest BCUT2D eigenvalue weighted by atomic mass is 10.3. The summed E-state index contributed by atoms with van der Waals surface area (Å²) in [6.07, 6.45) is -5.85. The number of aromatic nitrogens is 4. The van der Waals surface area contributed by atoms with Gasteiger partial charge in [-0.05, 0) is 0 Å². The lowest BCUT2D eigenvalue weighted by molar-refractivity contribution is -0.289. The van der Waals surface area contributed by atoms with Gasteiger partial charge < -0.3 is 0 Å². The summed E-state index contributed by atoms with van der Waals surface area (Å²) in [6.45, 7) is 0. The van der Waals surface area contributed by atoms with Crippen LogP contribution in [0, 0.1) is 0 Å². The highest BCUT2D eigenvalue weighted by Gasteiger charge is 2.61. The zero-order chi connectivity index (χ0) is 14.6. The van der Waals surface area contributed by atoms with Gasteiger partial charge in [-0.15, -0.1) is 5.10 Å². The van der Waals surface area contributed by atoms with Gasteiger partial charge in [-0.3, -0.25) is 0 Å². The summed E-state index contributed by atoms with van der Waals surface area (Å²) in [4.78, 5) is 25.1. The van der Waals surface area contributed by atoms with Gasteiger partial charge >= 0.3 is 23.5 Å². The monoisotopic (exact) mass is 302 g/mol. The summed E-state index contributed by atoms with van der Waals surface area (Å²) in [5.74, 6) is -5.22. The average molecular weight is 302 g/mol. The standard InChI is InChI=1S/C7H3F5N4O2S/c1-15-3(17)13-4-16(5(15)18)14-2(19-4)6(8,9)7(10,11)12/h1H3. The third kappa shape index (κ3) is 1.91. The molecule has 2 aromatic rings. The van der Waals surface area contributed by atoms with Gasteiger partial charge in [-0.2, -0.15) is 31.5 Å². The molecule has 0 unspecified atom stereocenters. The highest BCUT2D eigenvalue weighted by molar-refractivity contribution is 7.16. The minimum Gasteiger partial charge on any atom is -0.245 e. The topological polar surface area (TPSA) is 69.3 Å². The number of alkyl halides is 5. The third-order valence-electron chi connectivity index (χ3n) is 2.13. The molecule has 0 bridgehead atoms. The Morgan fingerprint density at radius 1 is 1.16 bits per heavy atom. The normalized spacial score (nSPS) is 13.2. The molecule has 0 aromatic carbocycles. The molecule has 0 atom stereocenters. The molecule has 0 aliphatic carbocycles. The Balaban J connectivity index is 2.77. The number of fused-ring (bicyclic) bond motifs is 1. The molecule has 6 nitrogen and oxygen atoms in total. The molecule has 0 saturated carbocycles. The molecule has 19 heavy (non-hydrogen) atoms. The van der Waals surface area contributed by atoms with E-state index in [-0.39, 0.29) is 15.9 Å². The van der Waals surface area contributed by atoms with E-state index in [2.05, 4.69) is 10.1 Å². The van der Waals surface area contributed by atoms with Crippen LogP contribution in [0.4, 0.5) is 22.0 Å². The van der Waals surface area contributed by atoms with E-state index in [1.807, 2.05) is 0 Å². The smallest absolute Gasteiger partial charge is 0.245 e. The second kappa shape index (κ2) is 3.82. The molecule has 0 aliphatic heterocycles. The Hall–Kier alpha value is -1.85. The van der Waals surface area contributed by atoms with Crippen molar-refractivity contribution in [2.24, 2.45) is 7.05 Å². The maximum Gasteiger partial charge on any atom is 0.460 e. The van der Waals surface area contributed by atoms with Crippen molar-refractivity contribution >= 4 is 16.3 Å². The van der Waals surface area contributed by atoms with Gasteiger partial charge in [0.2, 0.25) is 4.96 Å². The van der Waals surface area contributed by atoms with Crippen molar-refractivity contribution < 1.29 is 22.0 Å². The Morgan fingerprint density at radius 3 is 2.26 bits per heavy atom. The van der Waals surface area contributed by atoms with E-state index in [4.69, 9.17) is 0 Å². The van der Waals surface area contributed by atoms with Crippen molar-refractivity contribution in [2.45, 2.75) is 12.1 Å². The Bertz CT molecular complexity index is 757. The van der Waals surface area contributed by atoms with Crippen molar-refractivity contribution in [1.82, 2.24) is 19.2 Å². The van der Waals surface area contributed by atoms with E-state index >= 15 is 0 Å². The maximum absolute atomic E-state index is 13.0. The fourth-order valence-corrected chi connectivity index (χ4v) is 1.98. The van der Waals surface area contributed by atoms with E-state index < -0.39 is 33.4 Å². The molecular weight excluding hydrogens is 299 g/mol. The molecule has 2 heterocycles. The number of halogens is 5. The molecule has 0 aliphatic rings. The minimum absolute atomic E-state index is 0.174. The van der Waals surface area contributed by atoms with Crippen LogP contribution < -0.4 is 11.4 Å². The molecular formula is C7H3F5N4O2S. The van der Waals surface area contributed by atoms with Gasteiger partial charge in [0.05, 0.1) is 0 Å².